The van der Waals surface area contributed by atoms with E-state index in [0.717, 1.165) is 18.2 Å². The van der Waals surface area contributed by atoms with Crippen LogP contribution in [0, 0.1) is 0 Å². The predicted molar refractivity (Wildman–Crippen MR) is 126 cm³/mol. The standard InChI is InChI=1S/C19H12Cl2N6O6S2/c20-17-23-18(21)25-19(24-17)22-12-8-11-9(7-14(12)35(31,32)33)6-13(34(29)30)15(16(11)28)27-26-10-4-2-1-3-5-10/h1-8,28H,(H,29,30)(H,31,32,33)(H,22,23,24,25)/p-1. The van der Waals surface area contributed by atoms with Gasteiger partial charge in [0.2, 0.25) is 16.5 Å². The van der Waals surface area contributed by atoms with Crippen LogP contribution in [-0.4, -0.2) is 41.8 Å². The van der Waals surface area contributed by atoms with Gasteiger partial charge in [-0.05, 0) is 70.0 Å². The molecule has 1 heterocycles. The Bertz CT molecular complexity index is 1600. The summed E-state index contributed by atoms with van der Waals surface area (Å²) in [6.45, 7) is 0. The Morgan fingerprint density at radius 3 is 2.26 bits per heavy atom. The molecule has 0 aliphatic rings. The Balaban J connectivity index is 1.95. The molecule has 0 spiro atoms. The van der Waals surface area contributed by atoms with E-state index in [-0.39, 0.29) is 38.7 Å². The fourth-order valence-electron chi connectivity index (χ4n) is 3.01. The van der Waals surface area contributed by atoms with E-state index in [4.69, 9.17) is 23.2 Å². The molecule has 0 saturated carbocycles. The molecule has 1 unspecified atom stereocenters. The van der Waals surface area contributed by atoms with Crippen LogP contribution in [0.3, 0.4) is 0 Å². The lowest BCUT2D eigenvalue weighted by atomic mass is 10.1. The Morgan fingerprint density at radius 1 is 1.00 bits per heavy atom. The maximum absolute atomic E-state index is 12.0. The van der Waals surface area contributed by atoms with Crippen LogP contribution in [0.1, 0.15) is 0 Å². The van der Waals surface area contributed by atoms with Crippen molar-refractivity contribution in [2.75, 3.05) is 5.32 Å². The van der Waals surface area contributed by atoms with Crippen LogP contribution < -0.4 is 5.32 Å². The summed E-state index contributed by atoms with van der Waals surface area (Å²) < 4.78 is 57.5. The van der Waals surface area contributed by atoms with E-state index in [1.54, 1.807) is 30.3 Å². The summed E-state index contributed by atoms with van der Waals surface area (Å²) in [5.74, 6) is -0.877. The number of hydrogen-bond acceptors (Lipinski definition) is 11. The molecule has 0 aliphatic heterocycles. The Labute approximate surface area is 209 Å². The molecule has 0 aliphatic carbocycles. The topological polar surface area (TPSA) is 190 Å². The molecular formula is C19H11Cl2N6O6S2-. The van der Waals surface area contributed by atoms with Gasteiger partial charge in [0, 0.05) is 5.39 Å². The molecule has 3 N–H and O–H groups in total. The van der Waals surface area contributed by atoms with Crippen molar-refractivity contribution in [2.45, 2.75) is 9.79 Å². The number of nitrogens with one attached hydrogen (secondary N) is 1. The first kappa shape index (κ1) is 24.8. The number of aromatic hydroxyl groups is 1. The van der Waals surface area contributed by atoms with Gasteiger partial charge in [0.05, 0.1) is 16.3 Å². The molecule has 0 radical (unpaired) electrons. The minimum absolute atomic E-state index is 0.0256. The molecule has 0 bridgehead atoms. The van der Waals surface area contributed by atoms with Gasteiger partial charge >= 0.3 is 0 Å². The van der Waals surface area contributed by atoms with E-state index in [1.807, 2.05) is 0 Å². The summed E-state index contributed by atoms with van der Waals surface area (Å²) >= 11 is 8.61. The number of fused-ring (bicyclic) bond motifs is 1. The van der Waals surface area contributed by atoms with Gasteiger partial charge in [0.15, 0.2) is 5.75 Å². The van der Waals surface area contributed by atoms with Crippen molar-refractivity contribution in [3.63, 3.8) is 0 Å². The number of halogens is 2. The highest BCUT2D eigenvalue weighted by molar-refractivity contribution is 7.86. The van der Waals surface area contributed by atoms with Crippen LogP contribution in [0.2, 0.25) is 10.6 Å². The number of phenols is 1. The molecule has 4 aromatic rings. The lowest BCUT2D eigenvalue weighted by molar-refractivity contribution is 0.479. The summed E-state index contributed by atoms with van der Waals surface area (Å²) in [6, 6.07) is 11.5. The van der Waals surface area contributed by atoms with Crippen molar-refractivity contribution in [3.05, 3.63) is 59.1 Å². The highest BCUT2D eigenvalue weighted by Gasteiger charge is 2.22. The smallest absolute Gasteiger partial charge is 0.296 e. The number of nitrogens with zero attached hydrogens (tertiary/aromatic N) is 5. The van der Waals surface area contributed by atoms with Crippen LogP contribution in [0.5, 0.6) is 5.75 Å². The van der Waals surface area contributed by atoms with Crippen LogP contribution >= 0.6 is 23.2 Å². The van der Waals surface area contributed by atoms with Crippen LogP contribution in [-0.2, 0) is 21.2 Å². The number of azo groups is 1. The minimum atomic E-state index is -4.84. The number of benzene rings is 3. The molecule has 12 nitrogen and oxygen atoms in total. The minimum Gasteiger partial charge on any atom is -0.768 e. The molecule has 16 heteroatoms. The third kappa shape index (κ3) is 5.53. The quantitative estimate of drug-likeness (QED) is 0.171. The zero-order valence-electron chi connectivity index (χ0n) is 17.0. The normalized spacial score (nSPS) is 12.8. The second-order valence-corrected chi connectivity index (χ2v) is 9.68. The average molecular weight is 554 g/mol. The summed E-state index contributed by atoms with van der Waals surface area (Å²) in [6.07, 6.45) is 0. The Hall–Kier alpha value is -3.27. The lowest BCUT2D eigenvalue weighted by Crippen LogP contribution is -2.06. The van der Waals surface area contributed by atoms with Crippen LogP contribution in [0.25, 0.3) is 10.8 Å². The molecule has 0 amide bonds. The highest BCUT2D eigenvalue weighted by Crippen LogP contribution is 2.43. The zero-order valence-corrected chi connectivity index (χ0v) is 20.1. The maximum atomic E-state index is 12.0. The number of anilines is 2. The SMILES string of the molecule is O=S([O-])c1cc2cc(S(=O)(=O)O)c(Nc3nc(Cl)nc(Cl)n3)cc2c(O)c1N=Nc1ccccc1. The maximum Gasteiger partial charge on any atom is 0.296 e. The summed E-state index contributed by atoms with van der Waals surface area (Å²) in [5.41, 5.74) is -0.274. The van der Waals surface area contributed by atoms with Gasteiger partial charge in [-0.1, -0.05) is 18.2 Å². The zero-order chi connectivity index (χ0) is 25.3. The molecule has 1 aromatic heterocycles. The summed E-state index contributed by atoms with van der Waals surface area (Å²) in [4.78, 5) is 9.99. The molecular weight excluding hydrogens is 543 g/mol. The molecule has 180 valence electrons. The molecule has 0 fully saturated rings. The van der Waals surface area contributed by atoms with Crippen molar-refractivity contribution in [1.82, 2.24) is 15.0 Å². The predicted octanol–water partition coefficient (Wildman–Crippen LogP) is 4.68. The number of hydrogen-bond donors (Lipinski definition) is 3. The van der Waals surface area contributed by atoms with Gasteiger partial charge in [-0.25, -0.2) is 0 Å². The van der Waals surface area contributed by atoms with Crippen molar-refractivity contribution >= 4 is 78.2 Å². The van der Waals surface area contributed by atoms with Gasteiger partial charge in [-0.15, -0.1) is 5.11 Å². The molecule has 4 rings (SSSR count). The van der Waals surface area contributed by atoms with Gasteiger partial charge in [-0.2, -0.15) is 28.5 Å². The average Bonchev–Trinajstić information content (AvgIpc) is 2.77. The largest absolute Gasteiger partial charge is 0.768 e. The van der Waals surface area contributed by atoms with Gasteiger partial charge < -0.3 is 15.0 Å². The van der Waals surface area contributed by atoms with Crippen LogP contribution in [0.15, 0.2) is 68.6 Å². The van der Waals surface area contributed by atoms with Gasteiger partial charge in [0.1, 0.15) is 10.6 Å². The second kappa shape index (κ2) is 9.77. The van der Waals surface area contributed by atoms with E-state index in [2.05, 4.69) is 30.5 Å². The Kier molecular flexibility index (Phi) is 6.93. The van der Waals surface area contributed by atoms with E-state index < -0.39 is 36.7 Å². The number of rotatable bonds is 6. The highest BCUT2D eigenvalue weighted by atomic mass is 35.5. The first-order chi connectivity index (χ1) is 16.5. The lowest BCUT2D eigenvalue weighted by Gasteiger charge is -2.15. The first-order valence-corrected chi connectivity index (χ1v) is 12.5. The van der Waals surface area contributed by atoms with Crippen LogP contribution in [0.4, 0.5) is 23.0 Å². The fourth-order valence-corrected chi connectivity index (χ4v) is 4.56. The van der Waals surface area contributed by atoms with Crippen molar-refractivity contribution in [2.24, 2.45) is 10.2 Å². The molecule has 1 atom stereocenters. The first-order valence-electron chi connectivity index (χ1n) is 9.24. The number of aromatic nitrogens is 3. The number of phenolic OH excluding ortho intramolecular Hbond substituents is 1. The van der Waals surface area contributed by atoms with Crippen molar-refractivity contribution < 1.29 is 26.8 Å². The monoisotopic (exact) mass is 553 g/mol. The molecule has 3 aromatic carbocycles. The van der Waals surface area contributed by atoms with E-state index >= 15 is 0 Å². The summed E-state index contributed by atoms with van der Waals surface area (Å²) in [5, 5.41) is 20.6. The molecule has 35 heavy (non-hydrogen) atoms. The Morgan fingerprint density at radius 2 is 1.66 bits per heavy atom. The third-order valence-electron chi connectivity index (χ3n) is 4.46. The van der Waals surface area contributed by atoms with Gasteiger partial charge in [0.25, 0.3) is 10.1 Å². The summed E-state index contributed by atoms with van der Waals surface area (Å²) in [7, 11) is -4.84. The van der Waals surface area contributed by atoms with E-state index in [1.165, 1.54) is 0 Å². The van der Waals surface area contributed by atoms with E-state index in [0.29, 0.717) is 5.69 Å². The van der Waals surface area contributed by atoms with E-state index in [9.17, 15) is 26.8 Å². The molecule has 0 saturated heterocycles. The second-order valence-electron chi connectivity index (χ2n) is 6.71. The fraction of sp³-hybridized carbons (Fsp3) is 0. The third-order valence-corrected chi connectivity index (χ3v) is 6.36. The van der Waals surface area contributed by atoms with Crippen molar-refractivity contribution in [3.8, 4) is 5.75 Å². The van der Waals surface area contributed by atoms with Gasteiger partial charge in [-0.3, -0.25) is 8.76 Å². The van der Waals surface area contributed by atoms with Crippen molar-refractivity contribution in [1.29, 1.82) is 0 Å².